The smallest absolute Gasteiger partial charge is 0.335 e. The topological polar surface area (TPSA) is 311 Å². The van der Waals surface area contributed by atoms with Crippen LogP contribution in [0.25, 0.3) is 0 Å². The summed E-state index contributed by atoms with van der Waals surface area (Å²) in [5.41, 5.74) is 0.783. The summed E-state index contributed by atoms with van der Waals surface area (Å²) in [7, 11) is 1.56. The van der Waals surface area contributed by atoms with E-state index >= 15 is 0 Å². The number of aliphatic carboxylic acids is 1. The number of nitrogens with zero attached hydrogens (tertiary/aromatic N) is 4. The van der Waals surface area contributed by atoms with Gasteiger partial charge < -0.3 is 60.4 Å². The summed E-state index contributed by atoms with van der Waals surface area (Å²) in [6.45, 7) is 11.1. The number of ether oxygens (including phenoxy) is 4. The highest BCUT2D eigenvalue weighted by molar-refractivity contribution is 5.99. The number of carbonyl (C=O) groups is 6. The number of aliphatic hydroxyl groups excluding tert-OH is 4. The first kappa shape index (κ1) is 51.3. The number of rotatable bonds is 22. The molecule has 22 heteroatoms. The van der Waals surface area contributed by atoms with Gasteiger partial charge in [-0.3, -0.25) is 28.9 Å². The molecule has 354 valence electrons. The van der Waals surface area contributed by atoms with Gasteiger partial charge in [0.05, 0.1) is 43.6 Å². The molecule has 0 radical (unpaired) electrons. The molecular weight excluding hydrogens is 842 g/mol. The fourth-order valence-electron chi connectivity index (χ4n) is 6.81. The van der Waals surface area contributed by atoms with Crippen molar-refractivity contribution in [3.8, 4) is 0 Å². The molecule has 0 saturated carbocycles. The molecule has 4 amide bonds. The van der Waals surface area contributed by atoms with Crippen LogP contribution in [0, 0.1) is 11.3 Å². The van der Waals surface area contributed by atoms with E-state index in [1.54, 1.807) is 66.1 Å². The van der Waals surface area contributed by atoms with Crippen LogP contribution in [-0.4, -0.2) is 163 Å². The molecule has 64 heavy (non-hydrogen) atoms. The molecule has 2 unspecified atom stereocenters. The summed E-state index contributed by atoms with van der Waals surface area (Å²) in [5, 5.41) is 67.3. The van der Waals surface area contributed by atoms with Crippen LogP contribution in [0.4, 0.5) is 5.69 Å². The second kappa shape index (κ2) is 23.0. The van der Waals surface area contributed by atoms with Gasteiger partial charge in [0.1, 0.15) is 49.3 Å². The highest BCUT2D eigenvalue weighted by atomic mass is 16.6. The van der Waals surface area contributed by atoms with E-state index in [1.165, 1.54) is 17.7 Å². The van der Waals surface area contributed by atoms with E-state index in [0.29, 0.717) is 43.2 Å². The maximum Gasteiger partial charge on any atom is 0.335 e. The molecule has 22 nitrogen and oxygen atoms in total. The number of carbonyl (C=O) groups excluding carboxylic acids is 5. The lowest BCUT2D eigenvalue weighted by Gasteiger charge is -2.39. The molecule has 8 N–H and O–H groups in total. The summed E-state index contributed by atoms with van der Waals surface area (Å²) < 4.78 is 22.9. The molecule has 2 aliphatic rings. The second-order valence-corrected chi connectivity index (χ2v) is 17.0. The van der Waals surface area contributed by atoms with Gasteiger partial charge in [0, 0.05) is 31.5 Å². The monoisotopic (exact) mass is 903 g/mol. The van der Waals surface area contributed by atoms with Gasteiger partial charge >= 0.3 is 11.9 Å². The van der Waals surface area contributed by atoms with Crippen LogP contribution in [0.3, 0.4) is 0 Å². The Balaban J connectivity index is 1.46. The van der Waals surface area contributed by atoms with Crippen LogP contribution in [0.5, 0.6) is 0 Å². The normalized spacial score (nSPS) is 22.5. The third-order valence-electron chi connectivity index (χ3n) is 10.6. The number of amides is 4. The number of carboxylic acids is 1. The fourth-order valence-corrected chi connectivity index (χ4v) is 6.81. The average molecular weight is 904 g/mol. The van der Waals surface area contributed by atoms with E-state index in [-0.39, 0.29) is 31.6 Å². The molecule has 1 aromatic heterocycles. The van der Waals surface area contributed by atoms with Crippen molar-refractivity contribution < 1.29 is 73.2 Å². The van der Waals surface area contributed by atoms with E-state index in [0.717, 1.165) is 11.0 Å². The SMILES string of the molecule is COCCOCCn1cc(CC(C(=O)N[C@H](C(=O)N[C@@H](C)C(=O)Nc2ccc(COC(=O)C(C)(C)C)c(CC[C@@H]3O[C@H](C(=O)O)[C@@H](O)[C@H](O)[C@H]3O)c2)C(C)C)N2C(=O)C=CC2O)nn1. The molecule has 0 spiro atoms. The highest BCUT2D eigenvalue weighted by Gasteiger charge is 2.46. The molecular formula is C42H61N7O15. The van der Waals surface area contributed by atoms with E-state index in [2.05, 4.69) is 26.3 Å². The Bertz CT molecular complexity index is 1980. The van der Waals surface area contributed by atoms with Gasteiger partial charge in [-0.05, 0) is 75.8 Å². The van der Waals surface area contributed by atoms with Gasteiger partial charge in [-0.25, -0.2) is 9.48 Å². The summed E-state index contributed by atoms with van der Waals surface area (Å²) >= 11 is 0. The molecule has 1 aromatic carbocycles. The number of carboxylic acid groups (broad SMARTS) is 1. The lowest BCUT2D eigenvalue weighted by molar-refractivity contribution is -0.228. The molecule has 2 aromatic rings. The third-order valence-corrected chi connectivity index (χ3v) is 10.6. The van der Waals surface area contributed by atoms with Crippen molar-refractivity contribution in [1.82, 2.24) is 30.5 Å². The Labute approximate surface area is 370 Å². The fraction of sp³-hybridized carbons (Fsp3) is 0.619. The molecule has 1 fully saturated rings. The standard InChI is InChI=1S/C42H61N7O15/c1-22(2)32(45-38(56)28(49-30(50)12-13-31(49)51)19-27-20-48(47-46-27)14-15-62-17-16-61-7)39(57)43-23(3)37(55)44-26-10-8-25(21-63-41(60)42(4,5)6)24(18-26)9-11-29-33(52)34(53)35(54)36(64-29)40(58)59/h8,10,12-13,18,20,22-23,28-30,32-36,50,52-54H,9,11,14-17,19,21H2,1-7H3,(H,43,57)(H,44,55)(H,45,56)(H,58,59)/t23-,28?,29-,30?,32-,33-,34+,35-,36-/m0/s1. The van der Waals surface area contributed by atoms with E-state index in [1.807, 2.05) is 0 Å². The van der Waals surface area contributed by atoms with Crippen molar-refractivity contribution in [2.45, 2.75) is 129 Å². The summed E-state index contributed by atoms with van der Waals surface area (Å²) in [6, 6.07) is 1.03. The highest BCUT2D eigenvalue weighted by Crippen LogP contribution is 2.27. The Hall–Kier alpha value is -5.36. The summed E-state index contributed by atoms with van der Waals surface area (Å²) in [6.07, 6.45) is -5.90. The van der Waals surface area contributed by atoms with Crippen LogP contribution in [0.1, 0.15) is 64.8 Å². The van der Waals surface area contributed by atoms with Gasteiger partial charge in [0.25, 0.3) is 0 Å². The van der Waals surface area contributed by atoms with Crippen LogP contribution < -0.4 is 16.0 Å². The molecule has 9 atom stereocenters. The molecule has 1 saturated heterocycles. The van der Waals surface area contributed by atoms with Gasteiger partial charge in [-0.2, -0.15) is 0 Å². The minimum atomic E-state index is -1.86. The van der Waals surface area contributed by atoms with Crippen LogP contribution in [0.15, 0.2) is 36.5 Å². The van der Waals surface area contributed by atoms with E-state index < -0.39 is 102 Å². The van der Waals surface area contributed by atoms with E-state index in [4.69, 9.17) is 18.9 Å². The Morgan fingerprint density at radius 1 is 0.922 bits per heavy atom. The second-order valence-electron chi connectivity index (χ2n) is 17.0. The number of hydrogen-bond acceptors (Lipinski definition) is 16. The number of esters is 1. The summed E-state index contributed by atoms with van der Waals surface area (Å²) in [5.74, 6) is -5.30. The zero-order valence-electron chi connectivity index (χ0n) is 37.0. The summed E-state index contributed by atoms with van der Waals surface area (Å²) in [4.78, 5) is 79.2. The lowest BCUT2D eigenvalue weighted by Crippen LogP contribution is -2.59. The number of nitrogens with one attached hydrogen (secondary N) is 3. The molecule has 2 aliphatic heterocycles. The average Bonchev–Trinajstić information content (AvgIpc) is 3.83. The number of aryl methyl sites for hydroxylation is 1. The largest absolute Gasteiger partial charge is 0.479 e. The zero-order chi connectivity index (χ0) is 47.5. The zero-order valence-corrected chi connectivity index (χ0v) is 37.0. The minimum absolute atomic E-state index is 0.0470. The van der Waals surface area contributed by atoms with Gasteiger partial charge in [0.2, 0.25) is 23.6 Å². The van der Waals surface area contributed by atoms with Crippen molar-refractivity contribution in [1.29, 1.82) is 0 Å². The maximum atomic E-state index is 13.9. The van der Waals surface area contributed by atoms with Crippen molar-refractivity contribution in [3.05, 3.63) is 53.4 Å². The quantitative estimate of drug-likeness (QED) is 0.0509. The molecule has 0 aliphatic carbocycles. The number of aromatic nitrogens is 3. The first-order valence-electron chi connectivity index (χ1n) is 20.9. The molecule has 3 heterocycles. The van der Waals surface area contributed by atoms with Crippen LogP contribution in [0.2, 0.25) is 0 Å². The third kappa shape index (κ3) is 13.8. The van der Waals surface area contributed by atoms with Crippen molar-refractivity contribution in [2.24, 2.45) is 11.3 Å². The minimum Gasteiger partial charge on any atom is -0.479 e. The van der Waals surface area contributed by atoms with Crippen LogP contribution >= 0.6 is 0 Å². The van der Waals surface area contributed by atoms with Gasteiger partial charge in [0.15, 0.2) is 6.10 Å². The van der Waals surface area contributed by atoms with Crippen molar-refractivity contribution >= 4 is 41.3 Å². The van der Waals surface area contributed by atoms with Crippen LogP contribution in [-0.2, 0) is 73.7 Å². The van der Waals surface area contributed by atoms with Crippen molar-refractivity contribution in [2.75, 3.05) is 32.2 Å². The number of methoxy groups -OCH3 is 1. The first-order chi connectivity index (χ1) is 30.1. The number of anilines is 1. The Kier molecular flexibility index (Phi) is 18.4. The number of benzene rings is 1. The molecule has 0 bridgehead atoms. The number of hydrogen-bond donors (Lipinski definition) is 8. The molecule has 4 rings (SSSR count). The predicted molar refractivity (Wildman–Crippen MR) is 224 cm³/mol. The maximum absolute atomic E-state index is 13.9. The number of aliphatic hydroxyl groups is 4. The van der Waals surface area contributed by atoms with Gasteiger partial charge in [-0.1, -0.05) is 25.1 Å². The van der Waals surface area contributed by atoms with Gasteiger partial charge in [-0.15, -0.1) is 5.10 Å². The lowest BCUT2D eigenvalue weighted by atomic mass is 9.91. The Morgan fingerprint density at radius 3 is 2.27 bits per heavy atom. The van der Waals surface area contributed by atoms with Crippen molar-refractivity contribution in [3.63, 3.8) is 0 Å². The predicted octanol–water partition coefficient (Wildman–Crippen LogP) is -1.19. The Morgan fingerprint density at radius 2 is 1.64 bits per heavy atom. The van der Waals surface area contributed by atoms with E-state index in [9.17, 15) is 54.3 Å². The first-order valence-corrected chi connectivity index (χ1v) is 20.9.